The van der Waals surface area contributed by atoms with E-state index in [4.69, 9.17) is 26.3 Å². The molecule has 4 amide bonds. The highest BCUT2D eigenvalue weighted by Crippen LogP contribution is 2.30. The number of halogens is 1. The van der Waals surface area contributed by atoms with Crippen LogP contribution < -0.4 is 19.7 Å². The SMILES string of the molecule is COc1cc(/C=C2\C(=O)NC(=O)N(c3ccc(Cl)cc3)C2=O)ccc1OCC#N. The molecule has 2 aromatic rings. The Morgan fingerprint density at radius 3 is 2.52 bits per heavy atom. The molecule has 0 unspecified atom stereocenters. The zero-order valence-corrected chi connectivity index (χ0v) is 15.9. The molecule has 1 heterocycles. The van der Waals surface area contributed by atoms with Crippen LogP contribution in [0.1, 0.15) is 5.56 Å². The van der Waals surface area contributed by atoms with Gasteiger partial charge in [-0.1, -0.05) is 17.7 Å². The molecular weight excluding hydrogens is 398 g/mol. The van der Waals surface area contributed by atoms with Gasteiger partial charge in [-0.15, -0.1) is 0 Å². The first-order valence-electron chi connectivity index (χ1n) is 8.29. The molecule has 0 spiro atoms. The number of barbiturate groups is 1. The van der Waals surface area contributed by atoms with Gasteiger partial charge in [0.15, 0.2) is 18.1 Å². The van der Waals surface area contributed by atoms with E-state index >= 15 is 0 Å². The summed E-state index contributed by atoms with van der Waals surface area (Å²) in [4.78, 5) is 38.1. The van der Waals surface area contributed by atoms with Crippen molar-refractivity contribution in [2.24, 2.45) is 0 Å². The van der Waals surface area contributed by atoms with E-state index in [9.17, 15) is 14.4 Å². The summed E-state index contributed by atoms with van der Waals surface area (Å²) in [5.74, 6) is -0.920. The number of methoxy groups -OCH3 is 1. The minimum Gasteiger partial charge on any atom is -0.493 e. The van der Waals surface area contributed by atoms with Crippen LogP contribution in [0.15, 0.2) is 48.0 Å². The molecule has 1 saturated heterocycles. The first-order valence-corrected chi connectivity index (χ1v) is 8.67. The van der Waals surface area contributed by atoms with Crippen LogP contribution in [0.5, 0.6) is 11.5 Å². The molecule has 9 heteroatoms. The number of benzene rings is 2. The van der Waals surface area contributed by atoms with E-state index in [1.165, 1.54) is 37.5 Å². The van der Waals surface area contributed by atoms with E-state index in [2.05, 4.69) is 5.32 Å². The number of rotatable bonds is 5. The predicted molar refractivity (Wildman–Crippen MR) is 105 cm³/mol. The summed E-state index contributed by atoms with van der Waals surface area (Å²) in [5, 5.41) is 11.2. The molecule has 1 N–H and O–H groups in total. The maximum atomic E-state index is 12.8. The Balaban J connectivity index is 1.96. The smallest absolute Gasteiger partial charge is 0.335 e. The van der Waals surface area contributed by atoms with Gasteiger partial charge in [0.2, 0.25) is 0 Å². The first kappa shape index (κ1) is 19.9. The van der Waals surface area contributed by atoms with Gasteiger partial charge in [0, 0.05) is 5.02 Å². The Kier molecular flexibility index (Phi) is 5.81. The molecule has 29 heavy (non-hydrogen) atoms. The quantitative estimate of drug-likeness (QED) is 0.598. The van der Waals surface area contributed by atoms with E-state index in [1.54, 1.807) is 18.2 Å². The number of nitriles is 1. The van der Waals surface area contributed by atoms with Crippen molar-refractivity contribution < 1.29 is 23.9 Å². The van der Waals surface area contributed by atoms with E-state index in [0.29, 0.717) is 22.1 Å². The Labute approximate surface area is 170 Å². The van der Waals surface area contributed by atoms with Crippen molar-refractivity contribution >= 4 is 41.2 Å². The lowest BCUT2D eigenvalue weighted by Gasteiger charge is -2.26. The van der Waals surface area contributed by atoms with Crippen molar-refractivity contribution in [3.05, 3.63) is 58.6 Å². The van der Waals surface area contributed by atoms with Crippen molar-refractivity contribution in [1.29, 1.82) is 5.26 Å². The number of hydrogen-bond acceptors (Lipinski definition) is 6. The molecule has 146 valence electrons. The van der Waals surface area contributed by atoms with Crippen molar-refractivity contribution in [3.63, 3.8) is 0 Å². The molecule has 8 nitrogen and oxygen atoms in total. The molecule has 2 aromatic carbocycles. The molecule has 1 fully saturated rings. The summed E-state index contributed by atoms with van der Waals surface area (Å²) in [7, 11) is 1.42. The fourth-order valence-corrected chi connectivity index (χ4v) is 2.78. The minimum absolute atomic E-state index is 0.157. The molecule has 1 aliphatic rings. The van der Waals surface area contributed by atoms with Crippen molar-refractivity contribution in [2.45, 2.75) is 0 Å². The third kappa shape index (κ3) is 4.20. The highest BCUT2D eigenvalue weighted by molar-refractivity contribution is 6.39. The highest BCUT2D eigenvalue weighted by Gasteiger charge is 2.36. The summed E-state index contributed by atoms with van der Waals surface area (Å²) in [6.45, 7) is -0.157. The lowest BCUT2D eigenvalue weighted by atomic mass is 10.1. The topological polar surface area (TPSA) is 109 Å². The van der Waals surface area contributed by atoms with Crippen LogP contribution in [0.4, 0.5) is 10.5 Å². The van der Waals surface area contributed by atoms with Crippen LogP contribution in [0, 0.1) is 11.3 Å². The fourth-order valence-electron chi connectivity index (χ4n) is 2.65. The summed E-state index contributed by atoms with van der Waals surface area (Å²) in [6.07, 6.45) is 1.34. The number of amides is 4. The van der Waals surface area contributed by atoms with Gasteiger partial charge in [0.25, 0.3) is 11.8 Å². The molecule has 3 rings (SSSR count). The van der Waals surface area contributed by atoms with Crippen molar-refractivity contribution in [2.75, 3.05) is 18.6 Å². The van der Waals surface area contributed by atoms with Gasteiger partial charge in [0.05, 0.1) is 12.8 Å². The highest BCUT2D eigenvalue weighted by atomic mass is 35.5. The van der Waals surface area contributed by atoms with Crippen LogP contribution in [-0.4, -0.2) is 31.6 Å². The Morgan fingerprint density at radius 2 is 1.86 bits per heavy atom. The van der Waals surface area contributed by atoms with Crippen LogP contribution >= 0.6 is 11.6 Å². The van der Waals surface area contributed by atoms with E-state index in [-0.39, 0.29) is 17.9 Å². The summed E-state index contributed by atoms with van der Waals surface area (Å²) >= 11 is 5.85. The van der Waals surface area contributed by atoms with Gasteiger partial charge in [-0.2, -0.15) is 5.26 Å². The Hall–Kier alpha value is -3.83. The molecular formula is C20H14ClN3O5. The average Bonchev–Trinajstić information content (AvgIpc) is 2.71. The Morgan fingerprint density at radius 1 is 1.14 bits per heavy atom. The second kappa shape index (κ2) is 8.46. The molecule has 0 radical (unpaired) electrons. The van der Waals surface area contributed by atoms with Gasteiger partial charge in [-0.05, 0) is 48.0 Å². The maximum Gasteiger partial charge on any atom is 0.335 e. The van der Waals surface area contributed by atoms with E-state index < -0.39 is 17.8 Å². The third-order valence-electron chi connectivity index (χ3n) is 3.98. The predicted octanol–water partition coefficient (Wildman–Crippen LogP) is 2.92. The van der Waals surface area contributed by atoms with E-state index in [0.717, 1.165) is 4.90 Å². The Bertz CT molecular complexity index is 1060. The number of anilines is 1. The zero-order chi connectivity index (χ0) is 21.0. The molecule has 0 aromatic heterocycles. The number of carbonyl (C=O) groups excluding carboxylic acids is 3. The lowest BCUT2D eigenvalue weighted by Crippen LogP contribution is -2.54. The molecule has 0 atom stereocenters. The second-order valence-corrected chi connectivity index (χ2v) is 6.23. The summed E-state index contributed by atoms with van der Waals surface area (Å²) < 4.78 is 10.5. The third-order valence-corrected chi connectivity index (χ3v) is 4.23. The number of urea groups is 1. The first-order chi connectivity index (χ1) is 13.9. The van der Waals surface area contributed by atoms with Crippen molar-refractivity contribution in [3.8, 4) is 17.6 Å². The van der Waals surface area contributed by atoms with E-state index in [1.807, 2.05) is 6.07 Å². The number of imide groups is 2. The number of hydrogen-bond donors (Lipinski definition) is 1. The minimum atomic E-state index is -0.850. The van der Waals surface area contributed by atoms with Gasteiger partial charge < -0.3 is 9.47 Å². The van der Waals surface area contributed by atoms with Gasteiger partial charge in [-0.25, -0.2) is 9.69 Å². The second-order valence-electron chi connectivity index (χ2n) is 5.79. The largest absolute Gasteiger partial charge is 0.493 e. The molecule has 0 saturated carbocycles. The van der Waals surface area contributed by atoms with Crippen LogP contribution in [0.25, 0.3) is 6.08 Å². The van der Waals surface area contributed by atoms with Crippen LogP contribution in [0.2, 0.25) is 5.02 Å². The summed E-state index contributed by atoms with van der Waals surface area (Å²) in [5.41, 5.74) is 0.510. The van der Waals surface area contributed by atoms with Crippen molar-refractivity contribution in [1.82, 2.24) is 5.32 Å². The fraction of sp³-hybridized carbons (Fsp3) is 0.100. The standard InChI is InChI=1S/C20H14ClN3O5/c1-28-17-11-12(2-7-16(17)29-9-8-22)10-15-18(25)23-20(27)24(19(15)26)14-5-3-13(21)4-6-14/h2-7,10-11H,9H2,1H3,(H,23,25,27)/b15-10+. The molecule has 0 bridgehead atoms. The maximum absolute atomic E-state index is 12.8. The number of ether oxygens (including phenoxy) is 2. The normalized spacial score (nSPS) is 15.1. The van der Waals surface area contributed by atoms with Crippen LogP contribution in [0.3, 0.4) is 0 Å². The van der Waals surface area contributed by atoms with Gasteiger partial charge in [0.1, 0.15) is 11.6 Å². The molecule has 1 aliphatic heterocycles. The number of carbonyl (C=O) groups is 3. The monoisotopic (exact) mass is 411 g/mol. The van der Waals surface area contributed by atoms with Crippen LogP contribution in [-0.2, 0) is 9.59 Å². The van der Waals surface area contributed by atoms with Gasteiger partial charge >= 0.3 is 6.03 Å². The number of nitrogens with one attached hydrogen (secondary N) is 1. The van der Waals surface area contributed by atoms with Gasteiger partial charge in [-0.3, -0.25) is 14.9 Å². The number of nitrogens with zero attached hydrogens (tertiary/aromatic N) is 2. The zero-order valence-electron chi connectivity index (χ0n) is 15.1. The summed E-state index contributed by atoms with van der Waals surface area (Å²) in [6, 6.07) is 11.7. The molecule has 0 aliphatic carbocycles. The average molecular weight is 412 g/mol. The lowest BCUT2D eigenvalue weighted by molar-refractivity contribution is -0.122.